The lowest BCUT2D eigenvalue weighted by Crippen LogP contribution is -2.26. The Morgan fingerprint density at radius 1 is 1.21 bits per heavy atom. The van der Waals surface area contributed by atoms with E-state index in [1.54, 1.807) is 13.8 Å². The summed E-state index contributed by atoms with van der Waals surface area (Å²) in [5.41, 5.74) is 1.06. The molecule has 0 fully saturated rings. The number of amidine groups is 1. The van der Waals surface area contributed by atoms with Gasteiger partial charge in [0.2, 0.25) is 0 Å². The molecule has 0 bridgehead atoms. The van der Waals surface area contributed by atoms with Crippen LogP contribution in [0.5, 0.6) is 0 Å². The minimum atomic E-state index is -3.18. The maximum atomic E-state index is 12.2. The van der Waals surface area contributed by atoms with Crippen LogP contribution in [0.1, 0.15) is 19.4 Å². The van der Waals surface area contributed by atoms with E-state index in [-0.39, 0.29) is 12.0 Å². The summed E-state index contributed by atoms with van der Waals surface area (Å²) in [5, 5.41) is 10.7. The van der Waals surface area contributed by atoms with Crippen molar-refractivity contribution in [2.75, 3.05) is 19.4 Å². The molecule has 0 aliphatic heterocycles. The number of hydrogen-bond donors (Lipinski definition) is 2. The third-order valence-electron chi connectivity index (χ3n) is 2.35. The summed E-state index contributed by atoms with van der Waals surface area (Å²) in [6, 6.07) is 9.74. The molecule has 0 amide bonds. The highest BCUT2D eigenvalue weighted by Gasteiger charge is 2.25. The average Bonchev–Trinajstić information content (AvgIpc) is 2.38. The average molecular weight is 284 g/mol. The van der Waals surface area contributed by atoms with Crippen molar-refractivity contribution in [2.24, 2.45) is 0 Å². The van der Waals surface area contributed by atoms with Crippen molar-refractivity contribution in [3.63, 3.8) is 0 Å². The molecule has 19 heavy (non-hydrogen) atoms. The van der Waals surface area contributed by atoms with Crippen LogP contribution in [0.4, 0.5) is 0 Å². The highest BCUT2D eigenvalue weighted by Crippen LogP contribution is 2.47. The molecule has 1 aromatic carbocycles. The van der Waals surface area contributed by atoms with Gasteiger partial charge in [0.1, 0.15) is 12.0 Å². The van der Waals surface area contributed by atoms with Crippen LogP contribution in [0.3, 0.4) is 0 Å². The van der Waals surface area contributed by atoms with Gasteiger partial charge in [0.15, 0.2) is 0 Å². The minimum Gasteiger partial charge on any atom is -0.369 e. The summed E-state index contributed by atoms with van der Waals surface area (Å²) in [7, 11) is -3.18. The van der Waals surface area contributed by atoms with Crippen LogP contribution in [0.15, 0.2) is 30.3 Å². The number of nitrogens with one attached hydrogen (secondary N) is 2. The number of benzene rings is 1. The Bertz CT molecular complexity index is 427. The van der Waals surface area contributed by atoms with E-state index in [1.165, 1.54) is 0 Å². The Hall–Kier alpha value is -1.16. The molecule has 106 valence electrons. The second-order valence-electron chi connectivity index (χ2n) is 3.92. The molecule has 6 heteroatoms. The summed E-state index contributed by atoms with van der Waals surface area (Å²) in [4.78, 5) is 0. The molecule has 0 radical (unpaired) electrons. The smallest absolute Gasteiger partial charge is 0.338 e. The first kappa shape index (κ1) is 15.9. The van der Waals surface area contributed by atoms with Crippen molar-refractivity contribution in [1.29, 1.82) is 5.41 Å². The molecule has 0 saturated carbocycles. The van der Waals surface area contributed by atoms with Crippen LogP contribution >= 0.6 is 7.60 Å². The predicted octanol–water partition coefficient (Wildman–Crippen LogP) is 3.02. The Morgan fingerprint density at radius 2 is 1.79 bits per heavy atom. The Kier molecular flexibility index (Phi) is 6.78. The van der Waals surface area contributed by atoms with Gasteiger partial charge >= 0.3 is 7.60 Å². The van der Waals surface area contributed by atoms with E-state index < -0.39 is 7.60 Å². The van der Waals surface area contributed by atoms with E-state index in [1.807, 2.05) is 30.3 Å². The van der Waals surface area contributed by atoms with Crippen LogP contribution in [-0.4, -0.2) is 25.2 Å². The lowest BCUT2D eigenvalue weighted by atomic mass is 10.2. The molecule has 1 rings (SSSR count). The lowest BCUT2D eigenvalue weighted by Gasteiger charge is -2.17. The van der Waals surface area contributed by atoms with E-state index in [9.17, 15) is 4.57 Å². The van der Waals surface area contributed by atoms with Gasteiger partial charge in [-0.05, 0) is 19.4 Å². The van der Waals surface area contributed by atoms with Crippen molar-refractivity contribution in [1.82, 2.24) is 5.32 Å². The molecule has 0 saturated heterocycles. The molecule has 0 heterocycles. The fourth-order valence-electron chi connectivity index (χ4n) is 1.58. The van der Waals surface area contributed by atoms with E-state index in [2.05, 4.69) is 5.32 Å². The predicted molar refractivity (Wildman–Crippen MR) is 76.7 cm³/mol. The normalized spacial score (nSPS) is 11.3. The van der Waals surface area contributed by atoms with E-state index in [0.29, 0.717) is 19.8 Å². The maximum absolute atomic E-state index is 12.2. The molecular weight excluding hydrogens is 263 g/mol. The van der Waals surface area contributed by atoms with Gasteiger partial charge in [0.25, 0.3) is 0 Å². The van der Waals surface area contributed by atoms with E-state index >= 15 is 0 Å². The maximum Gasteiger partial charge on any atom is 0.338 e. The highest BCUT2D eigenvalue weighted by molar-refractivity contribution is 7.54. The second kappa shape index (κ2) is 8.10. The first-order valence-corrected chi connectivity index (χ1v) is 8.05. The Morgan fingerprint density at radius 3 is 2.32 bits per heavy atom. The number of hydrogen-bond acceptors (Lipinski definition) is 4. The first-order chi connectivity index (χ1) is 9.09. The van der Waals surface area contributed by atoms with Crippen molar-refractivity contribution in [3.8, 4) is 0 Å². The SMILES string of the molecule is CCOP(=O)(CC(=N)NCc1ccccc1)OCC. The van der Waals surface area contributed by atoms with E-state index in [4.69, 9.17) is 14.5 Å². The third kappa shape index (κ3) is 6.01. The molecular formula is C13H21N2O3P. The minimum absolute atomic E-state index is 0.0263. The molecule has 0 spiro atoms. The summed E-state index contributed by atoms with van der Waals surface area (Å²) in [6.07, 6.45) is -0.0263. The van der Waals surface area contributed by atoms with E-state index in [0.717, 1.165) is 5.56 Å². The van der Waals surface area contributed by atoms with Gasteiger partial charge in [-0.1, -0.05) is 30.3 Å². The van der Waals surface area contributed by atoms with Crippen LogP contribution < -0.4 is 5.32 Å². The van der Waals surface area contributed by atoms with Crippen molar-refractivity contribution >= 4 is 13.4 Å². The Balaban J connectivity index is 2.47. The zero-order valence-corrected chi connectivity index (χ0v) is 12.3. The van der Waals surface area contributed by atoms with Crippen LogP contribution in [0.2, 0.25) is 0 Å². The molecule has 0 aliphatic rings. The van der Waals surface area contributed by atoms with Gasteiger partial charge in [-0.2, -0.15) is 0 Å². The molecule has 0 aliphatic carbocycles. The zero-order chi connectivity index (χ0) is 14.1. The van der Waals surface area contributed by atoms with Gasteiger partial charge in [-0.15, -0.1) is 0 Å². The Labute approximate surface area is 114 Å². The zero-order valence-electron chi connectivity index (χ0n) is 11.4. The largest absolute Gasteiger partial charge is 0.369 e. The van der Waals surface area contributed by atoms with Gasteiger partial charge in [-0.3, -0.25) is 9.97 Å². The van der Waals surface area contributed by atoms with Crippen molar-refractivity contribution in [2.45, 2.75) is 20.4 Å². The monoisotopic (exact) mass is 284 g/mol. The molecule has 0 unspecified atom stereocenters. The fraction of sp³-hybridized carbons (Fsp3) is 0.462. The van der Waals surface area contributed by atoms with Gasteiger partial charge in [0, 0.05) is 6.54 Å². The summed E-state index contributed by atoms with van der Waals surface area (Å²) >= 11 is 0. The third-order valence-corrected chi connectivity index (χ3v) is 4.36. The quantitative estimate of drug-likeness (QED) is 0.437. The van der Waals surface area contributed by atoms with Gasteiger partial charge < -0.3 is 14.4 Å². The van der Waals surface area contributed by atoms with Crippen LogP contribution in [0, 0.1) is 5.41 Å². The van der Waals surface area contributed by atoms with Gasteiger partial charge in [-0.25, -0.2) is 0 Å². The summed E-state index contributed by atoms with van der Waals surface area (Å²) in [6.45, 7) is 4.66. The molecule has 1 aromatic rings. The van der Waals surface area contributed by atoms with Crippen LogP contribution in [-0.2, 0) is 20.2 Å². The van der Waals surface area contributed by atoms with Crippen molar-refractivity contribution < 1.29 is 13.6 Å². The second-order valence-corrected chi connectivity index (χ2v) is 5.98. The van der Waals surface area contributed by atoms with Crippen LogP contribution in [0.25, 0.3) is 0 Å². The molecule has 0 atom stereocenters. The molecule has 5 nitrogen and oxygen atoms in total. The standard InChI is InChI=1S/C13H21N2O3P/c1-3-17-19(16,18-4-2)11-13(14)15-10-12-8-6-5-7-9-12/h5-9H,3-4,10-11H2,1-2H3,(H2,14,15). The van der Waals surface area contributed by atoms with Crippen molar-refractivity contribution in [3.05, 3.63) is 35.9 Å². The summed E-state index contributed by atoms with van der Waals surface area (Å²) in [5.74, 6) is 0.161. The number of rotatable bonds is 8. The fourth-order valence-corrected chi connectivity index (χ4v) is 3.12. The highest BCUT2D eigenvalue weighted by atomic mass is 31.2. The topological polar surface area (TPSA) is 71.4 Å². The summed E-state index contributed by atoms with van der Waals surface area (Å²) < 4.78 is 22.5. The first-order valence-electron chi connectivity index (χ1n) is 6.33. The molecule has 0 aromatic heterocycles. The molecule has 2 N–H and O–H groups in total. The van der Waals surface area contributed by atoms with Gasteiger partial charge in [0.05, 0.1) is 13.2 Å². The lowest BCUT2D eigenvalue weighted by molar-refractivity contribution is 0.223.